The quantitative estimate of drug-likeness (QED) is 0.722. The number of unbranched alkanes of at least 4 members (excludes halogenated alkanes) is 1. The minimum Gasteiger partial charge on any atom is -0.494 e. The van der Waals surface area contributed by atoms with Gasteiger partial charge in [0.1, 0.15) is 5.75 Å². The Morgan fingerprint density at radius 1 is 1.30 bits per heavy atom. The van der Waals surface area contributed by atoms with E-state index in [-0.39, 0.29) is 6.04 Å². The van der Waals surface area contributed by atoms with Gasteiger partial charge in [0, 0.05) is 6.54 Å². The van der Waals surface area contributed by atoms with Crippen LogP contribution in [-0.2, 0) is 6.54 Å². The molecule has 1 aromatic heterocycles. The molecule has 2 rings (SSSR count). The molecule has 0 aliphatic rings. The van der Waals surface area contributed by atoms with E-state index in [4.69, 9.17) is 4.74 Å². The number of rotatable bonds is 8. The highest BCUT2D eigenvalue weighted by molar-refractivity contribution is 5.27. The highest BCUT2D eigenvalue weighted by Crippen LogP contribution is 2.13. The average molecular weight is 275 g/mol. The summed E-state index contributed by atoms with van der Waals surface area (Å²) in [7, 11) is 0. The van der Waals surface area contributed by atoms with Gasteiger partial charge in [-0.15, -0.1) is 10.2 Å². The van der Waals surface area contributed by atoms with Crippen LogP contribution in [0, 0.1) is 0 Å². The largest absolute Gasteiger partial charge is 0.494 e. The minimum atomic E-state index is 0.0641. The van der Waals surface area contributed by atoms with E-state index in [1.807, 2.05) is 19.1 Å². The third-order valence-electron chi connectivity index (χ3n) is 3.05. The van der Waals surface area contributed by atoms with Crippen LogP contribution in [0.3, 0.4) is 0 Å². The van der Waals surface area contributed by atoms with Crippen molar-refractivity contribution in [2.75, 3.05) is 6.61 Å². The van der Waals surface area contributed by atoms with Gasteiger partial charge < -0.3 is 10.1 Å². The maximum absolute atomic E-state index is 5.63. The lowest BCUT2D eigenvalue weighted by Gasteiger charge is -2.10. The van der Waals surface area contributed by atoms with Gasteiger partial charge in [0.15, 0.2) is 5.82 Å². The summed E-state index contributed by atoms with van der Waals surface area (Å²) >= 11 is 0. The summed E-state index contributed by atoms with van der Waals surface area (Å²) in [6, 6.07) is 8.21. The number of ether oxygens (including phenoxy) is 1. The summed E-state index contributed by atoms with van der Waals surface area (Å²) in [5, 5.41) is 17.3. The molecule has 1 heterocycles. The molecule has 0 saturated carbocycles. The SMILES string of the molecule is CCCCOc1ccc(CNC(C)c2nn[nH]n2)cc1. The highest BCUT2D eigenvalue weighted by atomic mass is 16.5. The number of hydrogen-bond donors (Lipinski definition) is 2. The van der Waals surface area contributed by atoms with E-state index in [0.29, 0.717) is 5.82 Å². The van der Waals surface area contributed by atoms with Crippen LogP contribution in [0.5, 0.6) is 5.75 Å². The van der Waals surface area contributed by atoms with Gasteiger partial charge in [-0.2, -0.15) is 5.21 Å². The standard InChI is InChI=1S/C14H21N5O/c1-3-4-9-20-13-7-5-12(6-8-13)10-15-11(2)14-16-18-19-17-14/h5-8,11,15H,3-4,9-10H2,1-2H3,(H,16,17,18,19). The van der Waals surface area contributed by atoms with Gasteiger partial charge in [0.25, 0.3) is 0 Å². The van der Waals surface area contributed by atoms with Gasteiger partial charge in [-0.25, -0.2) is 0 Å². The molecule has 0 amide bonds. The Kier molecular flexibility index (Phi) is 5.49. The second-order valence-electron chi connectivity index (χ2n) is 4.72. The van der Waals surface area contributed by atoms with Crippen LogP contribution < -0.4 is 10.1 Å². The Labute approximate surface area is 118 Å². The third-order valence-corrected chi connectivity index (χ3v) is 3.05. The number of nitrogens with one attached hydrogen (secondary N) is 2. The van der Waals surface area contributed by atoms with Crippen LogP contribution >= 0.6 is 0 Å². The first-order chi connectivity index (χ1) is 9.79. The smallest absolute Gasteiger partial charge is 0.191 e. The summed E-state index contributed by atoms with van der Waals surface area (Å²) in [4.78, 5) is 0. The van der Waals surface area contributed by atoms with Crippen molar-refractivity contribution in [1.82, 2.24) is 25.9 Å². The predicted molar refractivity (Wildman–Crippen MR) is 76.3 cm³/mol. The van der Waals surface area contributed by atoms with Crippen LogP contribution in [0.15, 0.2) is 24.3 Å². The molecule has 108 valence electrons. The molecule has 0 fully saturated rings. The molecule has 0 spiro atoms. The Balaban J connectivity index is 1.78. The maximum Gasteiger partial charge on any atom is 0.191 e. The molecule has 0 bridgehead atoms. The molecule has 1 atom stereocenters. The average Bonchev–Trinajstić information content (AvgIpc) is 3.01. The zero-order chi connectivity index (χ0) is 14.2. The fraction of sp³-hybridized carbons (Fsp3) is 0.500. The molecule has 1 unspecified atom stereocenters. The number of H-pyrrole nitrogens is 1. The van der Waals surface area contributed by atoms with Crippen LogP contribution in [0.1, 0.15) is 44.1 Å². The molecule has 0 radical (unpaired) electrons. The monoisotopic (exact) mass is 275 g/mol. The van der Waals surface area contributed by atoms with E-state index in [2.05, 4.69) is 45.0 Å². The molecule has 20 heavy (non-hydrogen) atoms. The molecule has 0 saturated heterocycles. The summed E-state index contributed by atoms with van der Waals surface area (Å²) in [6.45, 7) is 5.70. The summed E-state index contributed by atoms with van der Waals surface area (Å²) < 4.78 is 5.63. The van der Waals surface area contributed by atoms with Crippen molar-refractivity contribution in [2.24, 2.45) is 0 Å². The van der Waals surface area contributed by atoms with Crippen molar-refractivity contribution < 1.29 is 4.74 Å². The van der Waals surface area contributed by atoms with E-state index in [1.54, 1.807) is 0 Å². The Bertz CT molecular complexity index is 483. The molecule has 0 aliphatic carbocycles. The van der Waals surface area contributed by atoms with E-state index in [0.717, 1.165) is 31.7 Å². The minimum absolute atomic E-state index is 0.0641. The lowest BCUT2D eigenvalue weighted by atomic mass is 10.2. The second kappa shape index (κ2) is 7.59. The van der Waals surface area contributed by atoms with Gasteiger partial charge in [-0.05, 0) is 31.0 Å². The van der Waals surface area contributed by atoms with Crippen LogP contribution in [0.4, 0.5) is 0 Å². The van der Waals surface area contributed by atoms with Crippen molar-refractivity contribution in [1.29, 1.82) is 0 Å². The first kappa shape index (κ1) is 14.5. The summed E-state index contributed by atoms with van der Waals surface area (Å²) in [6.07, 6.45) is 2.24. The molecular weight excluding hydrogens is 254 g/mol. The van der Waals surface area contributed by atoms with Crippen LogP contribution in [0.2, 0.25) is 0 Å². The Hall–Kier alpha value is -1.95. The van der Waals surface area contributed by atoms with Gasteiger partial charge >= 0.3 is 0 Å². The number of nitrogens with zero attached hydrogens (tertiary/aromatic N) is 3. The second-order valence-corrected chi connectivity index (χ2v) is 4.72. The lowest BCUT2D eigenvalue weighted by molar-refractivity contribution is 0.309. The fourth-order valence-electron chi connectivity index (χ4n) is 1.75. The number of aromatic nitrogens is 4. The van der Waals surface area contributed by atoms with E-state index < -0.39 is 0 Å². The van der Waals surface area contributed by atoms with Gasteiger partial charge in [0.05, 0.1) is 12.6 Å². The molecule has 6 heteroatoms. The van der Waals surface area contributed by atoms with Crippen LogP contribution in [-0.4, -0.2) is 27.2 Å². The zero-order valence-corrected chi connectivity index (χ0v) is 12.0. The van der Waals surface area contributed by atoms with E-state index in [9.17, 15) is 0 Å². The van der Waals surface area contributed by atoms with Crippen molar-refractivity contribution in [3.05, 3.63) is 35.7 Å². The first-order valence-corrected chi connectivity index (χ1v) is 6.98. The van der Waals surface area contributed by atoms with Crippen molar-refractivity contribution in [3.63, 3.8) is 0 Å². The number of tetrazole rings is 1. The van der Waals surface area contributed by atoms with E-state index in [1.165, 1.54) is 5.56 Å². The molecule has 6 nitrogen and oxygen atoms in total. The fourth-order valence-corrected chi connectivity index (χ4v) is 1.75. The summed E-state index contributed by atoms with van der Waals surface area (Å²) in [5.41, 5.74) is 1.20. The molecule has 2 N–H and O–H groups in total. The van der Waals surface area contributed by atoms with Crippen molar-refractivity contribution in [3.8, 4) is 5.75 Å². The molecule has 1 aromatic carbocycles. The first-order valence-electron chi connectivity index (χ1n) is 6.98. The van der Waals surface area contributed by atoms with Gasteiger partial charge in [0.2, 0.25) is 0 Å². The van der Waals surface area contributed by atoms with E-state index >= 15 is 0 Å². The van der Waals surface area contributed by atoms with Crippen molar-refractivity contribution >= 4 is 0 Å². The highest BCUT2D eigenvalue weighted by Gasteiger charge is 2.08. The number of benzene rings is 1. The third kappa shape index (κ3) is 4.31. The zero-order valence-electron chi connectivity index (χ0n) is 12.0. The normalized spacial score (nSPS) is 12.3. The van der Waals surface area contributed by atoms with Gasteiger partial charge in [-0.1, -0.05) is 30.7 Å². The summed E-state index contributed by atoms with van der Waals surface area (Å²) in [5.74, 6) is 1.60. The predicted octanol–water partition coefficient (Wildman–Crippen LogP) is 2.23. The maximum atomic E-state index is 5.63. The lowest BCUT2D eigenvalue weighted by Crippen LogP contribution is -2.19. The Morgan fingerprint density at radius 3 is 2.75 bits per heavy atom. The number of hydrogen-bond acceptors (Lipinski definition) is 5. The molecule has 2 aromatic rings. The Morgan fingerprint density at radius 2 is 2.10 bits per heavy atom. The van der Waals surface area contributed by atoms with Crippen molar-refractivity contribution in [2.45, 2.75) is 39.3 Å². The molecule has 0 aliphatic heterocycles. The van der Waals surface area contributed by atoms with Crippen LogP contribution in [0.25, 0.3) is 0 Å². The number of aromatic amines is 1. The molecular formula is C14H21N5O. The topological polar surface area (TPSA) is 75.7 Å². The van der Waals surface area contributed by atoms with Gasteiger partial charge in [-0.3, -0.25) is 0 Å².